The number of aliphatic hydroxyl groups is 1. The van der Waals surface area contributed by atoms with Crippen molar-refractivity contribution in [3.8, 4) is 0 Å². The van der Waals surface area contributed by atoms with Crippen LogP contribution >= 0.6 is 11.6 Å². The summed E-state index contributed by atoms with van der Waals surface area (Å²) in [6, 6.07) is 6.77. The zero-order valence-electron chi connectivity index (χ0n) is 6.87. The van der Waals surface area contributed by atoms with Crippen molar-refractivity contribution in [3.05, 3.63) is 34.9 Å². The average molecular weight is 186 g/mol. The first kappa shape index (κ1) is 9.52. The smallest absolute Gasteiger partial charge is 0.0938 e. The summed E-state index contributed by atoms with van der Waals surface area (Å²) >= 11 is 5.68. The SMILES string of the molecule is C[C@@H](N)[C@H](O)c1ccc(Cl)cc1. The van der Waals surface area contributed by atoms with E-state index in [1.807, 2.05) is 0 Å². The van der Waals surface area contributed by atoms with Gasteiger partial charge >= 0.3 is 0 Å². The normalized spacial score (nSPS) is 15.7. The Balaban J connectivity index is 2.82. The van der Waals surface area contributed by atoms with Crippen LogP contribution in [0.2, 0.25) is 5.02 Å². The molecule has 3 N–H and O–H groups in total. The van der Waals surface area contributed by atoms with Gasteiger partial charge in [0.2, 0.25) is 0 Å². The van der Waals surface area contributed by atoms with Crippen LogP contribution in [0.25, 0.3) is 0 Å². The van der Waals surface area contributed by atoms with E-state index in [2.05, 4.69) is 0 Å². The second-order valence-electron chi connectivity index (χ2n) is 2.86. The fraction of sp³-hybridized carbons (Fsp3) is 0.333. The van der Waals surface area contributed by atoms with Crippen molar-refractivity contribution in [2.75, 3.05) is 0 Å². The van der Waals surface area contributed by atoms with Crippen LogP contribution in [0.1, 0.15) is 18.6 Å². The molecule has 66 valence electrons. The molecule has 0 aliphatic heterocycles. The highest BCUT2D eigenvalue weighted by molar-refractivity contribution is 6.30. The first-order valence-corrected chi connectivity index (χ1v) is 4.18. The van der Waals surface area contributed by atoms with Gasteiger partial charge in [-0.05, 0) is 24.6 Å². The monoisotopic (exact) mass is 185 g/mol. The molecule has 0 aliphatic rings. The van der Waals surface area contributed by atoms with Gasteiger partial charge in [0.05, 0.1) is 6.10 Å². The van der Waals surface area contributed by atoms with Crippen molar-refractivity contribution >= 4 is 11.6 Å². The highest BCUT2D eigenvalue weighted by Gasteiger charge is 2.11. The highest BCUT2D eigenvalue weighted by atomic mass is 35.5. The Morgan fingerprint density at radius 1 is 1.33 bits per heavy atom. The van der Waals surface area contributed by atoms with Crippen LogP contribution in [0, 0.1) is 0 Å². The van der Waals surface area contributed by atoms with Gasteiger partial charge in [0, 0.05) is 11.1 Å². The van der Waals surface area contributed by atoms with Crippen LogP contribution in [0.4, 0.5) is 0 Å². The van der Waals surface area contributed by atoms with Crippen LogP contribution in [0.5, 0.6) is 0 Å². The summed E-state index contributed by atoms with van der Waals surface area (Å²) in [6.45, 7) is 1.76. The molecular weight excluding hydrogens is 174 g/mol. The molecule has 0 saturated heterocycles. The molecule has 0 amide bonds. The maximum atomic E-state index is 9.52. The fourth-order valence-corrected chi connectivity index (χ4v) is 1.09. The quantitative estimate of drug-likeness (QED) is 0.737. The third kappa shape index (κ3) is 2.21. The molecule has 1 aromatic rings. The Morgan fingerprint density at radius 2 is 1.83 bits per heavy atom. The summed E-state index contributed by atoms with van der Waals surface area (Å²) < 4.78 is 0. The number of benzene rings is 1. The number of halogens is 1. The maximum absolute atomic E-state index is 9.52. The van der Waals surface area contributed by atoms with E-state index in [0.717, 1.165) is 5.56 Å². The van der Waals surface area contributed by atoms with E-state index in [1.165, 1.54) is 0 Å². The summed E-state index contributed by atoms with van der Waals surface area (Å²) in [4.78, 5) is 0. The molecule has 0 spiro atoms. The van der Waals surface area contributed by atoms with Crippen molar-refractivity contribution in [3.63, 3.8) is 0 Å². The molecule has 0 heterocycles. The number of hydrogen-bond donors (Lipinski definition) is 2. The minimum absolute atomic E-state index is 0.258. The molecule has 12 heavy (non-hydrogen) atoms. The van der Waals surface area contributed by atoms with Crippen molar-refractivity contribution in [1.82, 2.24) is 0 Å². The lowest BCUT2D eigenvalue weighted by Gasteiger charge is -2.14. The molecule has 3 heteroatoms. The Kier molecular flexibility index (Phi) is 3.09. The molecule has 0 aromatic heterocycles. The number of nitrogens with two attached hydrogens (primary N) is 1. The van der Waals surface area contributed by atoms with Gasteiger partial charge < -0.3 is 10.8 Å². The van der Waals surface area contributed by atoms with Gasteiger partial charge in [0.15, 0.2) is 0 Å². The zero-order chi connectivity index (χ0) is 9.14. The largest absolute Gasteiger partial charge is 0.387 e. The van der Waals surface area contributed by atoms with Gasteiger partial charge in [0.1, 0.15) is 0 Å². The van der Waals surface area contributed by atoms with Gasteiger partial charge in [-0.2, -0.15) is 0 Å². The van der Waals surface area contributed by atoms with Gasteiger partial charge in [-0.15, -0.1) is 0 Å². The van der Waals surface area contributed by atoms with E-state index >= 15 is 0 Å². The summed E-state index contributed by atoms with van der Waals surface area (Å²) in [6.07, 6.45) is -0.609. The highest BCUT2D eigenvalue weighted by Crippen LogP contribution is 2.17. The van der Waals surface area contributed by atoms with Gasteiger partial charge in [-0.3, -0.25) is 0 Å². The topological polar surface area (TPSA) is 46.2 Å². The van der Waals surface area contributed by atoms with E-state index in [0.29, 0.717) is 5.02 Å². The lowest BCUT2D eigenvalue weighted by Crippen LogP contribution is -2.24. The molecule has 0 fully saturated rings. The lowest BCUT2D eigenvalue weighted by molar-refractivity contribution is 0.153. The molecule has 0 unspecified atom stereocenters. The first-order valence-electron chi connectivity index (χ1n) is 3.80. The van der Waals surface area contributed by atoms with Gasteiger partial charge in [0.25, 0.3) is 0 Å². The summed E-state index contributed by atoms with van der Waals surface area (Å²) in [7, 11) is 0. The molecule has 1 rings (SSSR count). The minimum atomic E-state index is -0.609. The zero-order valence-corrected chi connectivity index (χ0v) is 7.62. The Bertz CT molecular complexity index is 245. The van der Waals surface area contributed by atoms with E-state index in [9.17, 15) is 5.11 Å². The molecule has 0 bridgehead atoms. The lowest BCUT2D eigenvalue weighted by atomic mass is 10.0. The third-order valence-electron chi connectivity index (χ3n) is 1.71. The fourth-order valence-electron chi connectivity index (χ4n) is 0.964. The Hall–Kier alpha value is -0.570. The summed E-state index contributed by atoms with van der Waals surface area (Å²) in [5.74, 6) is 0. The van der Waals surface area contributed by atoms with Crippen molar-refractivity contribution in [2.45, 2.75) is 19.1 Å². The van der Waals surface area contributed by atoms with Crippen LogP contribution in [-0.2, 0) is 0 Å². The first-order chi connectivity index (χ1) is 5.61. The summed E-state index contributed by atoms with van der Waals surface area (Å²) in [5, 5.41) is 10.2. The second kappa shape index (κ2) is 3.90. The molecular formula is C9H12ClNO. The average Bonchev–Trinajstić information content (AvgIpc) is 2.04. The van der Waals surface area contributed by atoms with E-state index in [1.54, 1.807) is 31.2 Å². The minimum Gasteiger partial charge on any atom is -0.387 e. The number of aliphatic hydroxyl groups excluding tert-OH is 1. The number of hydrogen-bond acceptors (Lipinski definition) is 2. The van der Waals surface area contributed by atoms with Crippen molar-refractivity contribution in [1.29, 1.82) is 0 Å². The Labute approximate surface area is 77.0 Å². The predicted molar refractivity (Wildman–Crippen MR) is 50.1 cm³/mol. The van der Waals surface area contributed by atoms with Crippen molar-refractivity contribution in [2.24, 2.45) is 5.73 Å². The molecule has 2 nitrogen and oxygen atoms in total. The van der Waals surface area contributed by atoms with E-state index in [4.69, 9.17) is 17.3 Å². The van der Waals surface area contributed by atoms with Crippen LogP contribution in [0.3, 0.4) is 0 Å². The number of rotatable bonds is 2. The molecule has 0 aliphatic carbocycles. The van der Waals surface area contributed by atoms with Gasteiger partial charge in [-0.25, -0.2) is 0 Å². The predicted octanol–water partition coefficient (Wildman–Crippen LogP) is 1.72. The maximum Gasteiger partial charge on any atom is 0.0938 e. The second-order valence-corrected chi connectivity index (χ2v) is 3.29. The third-order valence-corrected chi connectivity index (χ3v) is 1.96. The summed E-state index contributed by atoms with van der Waals surface area (Å²) in [5.41, 5.74) is 6.32. The van der Waals surface area contributed by atoms with Gasteiger partial charge in [-0.1, -0.05) is 23.7 Å². The van der Waals surface area contributed by atoms with Crippen LogP contribution in [0.15, 0.2) is 24.3 Å². The standard InChI is InChI=1S/C9H12ClNO/c1-6(11)9(12)7-2-4-8(10)5-3-7/h2-6,9,12H,11H2,1H3/t6-,9+/m1/s1. The molecule has 2 atom stereocenters. The Morgan fingerprint density at radius 3 is 2.25 bits per heavy atom. The van der Waals surface area contributed by atoms with E-state index in [-0.39, 0.29) is 6.04 Å². The van der Waals surface area contributed by atoms with Crippen LogP contribution in [-0.4, -0.2) is 11.1 Å². The van der Waals surface area contributed by atoms with Crippen molar-refractivity contribution < 1.29 is 5.11 Å². The molecule has 1 aromatic carbocycles. The van der Waals surface area contributed by atoms with E-state index < -0.39 is 6.10 Å². The van der Waals surface area contributed by atoms with Crippen LogP contribution < -0.4 is 5.73 Å². The molecule has 0 saturated carbocycles. The molecule has 0 radical (unpaired) electrons.